The highest BCUT2D eigenvalue weighted by Crippen LogP contribution is 2.09. The van der Waals surface area contributed by atoms with Crippen LogP contribution >= 0.6 is 0 Å². The Morgan fingerprint density at radius 3 is 2.27 bits per heavy atom. The molecule has 0 aliphatic rings. The zero-order valence-corrected chi connectivity index (χ0v) is 8.30. The first-order valence-corrected chi connectivity index (χ1v) is 4.46. The van der Waals surface area contributed by atoms with Crippen molar-refractivity contribution in [3.8, 4) is 0 Å². The van der Waals surface area contributed by atoms with Crippen molar-refractivity contribution in [1.82, 2.24) is 4.90 Å². The van der Waals surface area contributed by atoms with Crippen LogP contribution in [0.1, 0.15) is 33.6 Å². The molecular formula is C10H21N. The van der Waals surface area contributed by atoms with E-state index in [2.05, 4.69) is 39.3 Å². The summed E-state index contributed by atoms with van der Waals surface area (Å²) < 4.78 is 0. The minimum absolute atomic E-state index is 0.639. The highest BCUT2D eigenvalue weighted by atomic mass is 15.1. The molecule has 0 radical (unpaired) electrons. The van der Waals surface area contributed by atoms with Crippen molar-refractivity contribution in [2.24, 2.45) is 0 Å². The molecule has 0 aliphatic heterocycles. The molecule has 0 fully saturated rings. The average Bonchev–Trinajstić information content (AvgIpc) is 1.98. The monoisotopic (exact) mass is 155 g/mol. The minimum Gasteiger partial charge on any atom is -0.301 e. The van der Waals surface area contributed by atoms with Gasteiger partial charge in [0.05, 0.1) is 0 Å². The van der Waals surface area contributed by atoms with Crippen LogP contribution in [0.5, 0.6) is 0 Å². The van der Waals surface area contributed by atoms with Gasteiger partial charge in [-0.1, -0.05) is 13.0 Å². The van der Waals surface area contributed by atoms with Crippen molar-refractivity contribution >= 4 is 0 Å². The van der Waals surface area contributed by atoms with Crippen molar-refractivity contribution in [3.63, 3.8) is 0 Å². The zero-order chi connectivity index (χ0) is 8.85. The van der Waals surface area contributed by atoms with Gasteiger partial charge in [-0.25, -0.2) is 0 Å². The molecule has 0 N–H and O–H groups in total. The second-order valence-corrected chi connectivity index (χ2v) is 3.35. The summed E-state index contributed by atoms with van der Waals surface area (Å²) in [5, 5.41) is 0. The molecule has 0 heterocycles. The van der Waals surface area contributed by atoms with E-state index in [0.717, 1.165) is 6.42 Å². The summed E-state index contributed by atoms with van der Waals surface area (Å²) in [6.45, 7) is 10.4. The SMILES string of the molecule is C=CCC(CC)N(C)C(C)C. The van der Waals surface area contributed by atoms with Crippen LogP contribution < -0.4 is 0 Å². The Hall–Kier alpha value is -0.300. The highest BCUT2D eigenvalue weighted by molar-refractivity contribution is 4.79. The maximum absolute atomic E-state index is 3.76. The summed E-state index contributed by atoms with van der Waals surface area (Å²) in [5.41, 5.74) is 0. The van der Waals surface area contributed by atoms with Gasteiger partial charge in [-0.2, -0.15) is 0 Å². The third-order valence-electron chi connectivity index (χ3n) is 2.30. The maximum atomic E-state index is 3.76. The van der Waals surface area contributed by atoms with Gasteiger partial charge in [0, 0.05) is 12.1 Å². The van der Waals surface area contributed by atoms with Gasteiger partial charge in [0.2, 0.25) is 0 Å². The average molecular weight is 155 g/mol. The molecule has 0 aromatic rings. The van der Waals surface area contributed by atoms with E-state index in [1.807, 2.05) is 6.08 Å². The van der Waals surface area contributed by atoms with E-state index in [1.165, 1.54) is 6.42 Å². The van der Waals surface area contributed by atoms with E-state index in [4.69, 9.17) is 0 Å². The summed E-state index contributed by atoms with van der Waals surface area (Å²) in [6.07, 6.45) is 4.32. The lowest BCUT2D eigenvalue weighted by Crippen LogP contribution is -2.36. The van der Waals surface area contributed by atoms with Crippen LogP contribution in [-0.4, -0.2) is 24.0 Å². The first-order valence-electron chi connectivity index (χ1n) is 4.46. The molecule has 0 saturated carbocycles. The fourth-order valence-corrected chi connectivity index (χ4v) is 1.23. The van der Waals surface area contributed by atoms with Gasteiger partial charge in [-0.15, -0.1) is 6.58 Å². The predicted octanol–water partition coefficient (Wildman–Crippen LogP) is 2.68. The van der Waals surface area contributed by atoms with E-state index in [-0.39, 0.29) is 0 Å². The second kappa shape index (κ2) is 5.36. The molecule has 11 heavy (non-hydrogen) atoms. The molecule has 1 nitrogen and oxygen atoms in total. The first-order chi connectivity index (χ1) is 5.13. The molecule has 66 valence electrons. The van der Waals surface area contributed by atoms with Gasteiger partial charge in [-0.3, -0.25) is 0 Å². The van der Waals surface area contributed by atoms with Crippen molar-refractivity contribution in [3.05, 3.63) is 12.7 Å². The van der Waals surface area contributed by atoms with Crippen LogP contribution in [0.25, 0.3) is 0 Å². The van der Waals surface area contributed by atoms with Gasteiger partial charge in [0.1, 0.15) is 0 Å². The van der Waals surface area contributed by atoms with Crippen LogP contribution in [0.2, 0.25) is 0 Å². The molecular weight excluding hydrogens is 134 g/mol. The van der Waals surface area contributed by atoms with Gasteiger partial charge in [0.15, 0.2) is 0 Å². The summed E-state index contributed by atoms with van der Waals surface area (Å²) >= 11 is 0. The van der Waals surface area contributed by atoms with Crippen LogP contribution in [0.15, 0.2) is 12.7 Å². The van der Waals surface area contributed by atoms with Crippen LogP contribution in [0, 0.1) is 0 Å². The lowest BCUT2D eigenvalue weighted by Gasteiger charge is -2.29. The Kier molecular flexibility index (Phi) is 5.22. The smallest absolute Gasteiger partial charge is 0.0127 e. The van der Waals surface area contributed by atoms with E-state index >= 15 is 0 Å². The topological polar surface area (TPSA) is 3.24 Å². The van der Waals surface area contributed by atoms with Crippen molar-refractivity contribution in [1.29, 1.82) is 0 Å². The lowest BCUT2D eigenvalue weighted by molar-refractivity contribution is 0.191. The zero-order valence-electron chi connectivity index (χ0n) is 8.30. The number of hydrogen-bond donors (Lipinski definition) is 0. The van der Waals surface area contributed by atoms with Crippen LogP contribution in [0.4, 0.5) is 0 Å². The standard InChI is InChI=1S/C10H21N/c1-6-8-10(7-2)11(5)9(3)4/h6,9-10H,1,7-8H2,2-5H3. The Bertz CT molecular complexity index is 107. The van der Waals surface area contributed by atoms with E-state index < -0.39 is 0 Å². The lowest BCUT2D eigenvalue weighted by atomic mass is 10.1. The molecule has 1 atom stereocenters. The molecule has 1 heteroatoms. The van der Waals surface area contributed by atoms with Gasteiger partial charge >= 0.3 is 0 Å². The van der Waals surface area contributed by atoms with Crippen LogP contribution in [-0.2, 0) is 0 Å². The third-order valence-corrected chi connectivity index (χ3v) is 2.30. The van der Waals surface area contributed by atoms with E-state index in [9.17, 15) is 0 Å². The van der Waals surface area contributed by atoms with Gasteiger partial charge in [-0.05, 0) is 33.7 Å². The Morgan fingerprint density at radius 1 is 1.45 bits per heavy atom. The fourth-order valence-electron chi connectivity index (χ4n) is 1.23. The van der Waals surface area contributed by atoms with Crippen molar-refractivity contribution in [2.75, 3.05) is 7.05 Å². The van der Waals surface area contributed by atoms with Crippen LogP contribution in [0.3, 0.4) is 0 Å². The largest absolute Gasteiger partial charge is 0.301 e. The minimum atomic E-state index is 0.639. The Labute approximate surface area is 71.1 Å². The molecule has 1 unspecified atom stereocenters. The predicted molar refractivity (Wildman–Crippen MR) is 51.8 cm³/mol. The molecule has 0 bridgehead atoms. The maximum Gasteiger partial charge on any atom is 0.0127 e. The van der Waals surface area contributed by atoms with Crippen molar-refractivity contribution in [2.45, 2.75) is 45.7 Å². The second-order valence-electron chi connectivity index (χ2n) is 3.35. The van der Waals surface area contributed by atoms with Crippen molar-refractivity contribution < 1.29 is 0 Å². The summed E-state index contributed by atoms with van der Waals surface area (Å²) in [7, 11) is 2.18. The molecule has 0 aromatic heterocycles. The summed E-state index contributed by atoms with van der Waals surface area (Å²) in [5.74, 6) is 0. The molecule has 0 rings (SSSR count). The Morgan fingerprint density at radius 2 is 2.00 bits per heavy atom. The number of hydrogen-bond acceptors (Lipinski definition) is 1. The quantitative estimate of drug-likeness (QED) is 0.552. The van der Waals surface area contributed by atoms with Gasteiger partial charge < -0.3 is 4.90 Å². The molecule has 0 aliphatic carbocycles. The normalized spacial score (nSPS) is 14.0. The molecule has 0 spiro atoms. The number of nitrogens with zero attached hydrogens (tertiary/aromatic N) is 1. The first kappa shape index (κ1) is 10.7. The van der Waals surface area contributed by atoms with Gasteiger partial charge in [0.25, 0.3) is 0 Å². The molecule has 0 amide bonds. The Balaban J connectivity index is 3.90. The summed E-state index contributed by atoms with van der Waals surface area (Å²) in [6, 6.07) is 1.31. The fraction of sp³-hybridized carbons (Fsp3) is 0.800. The third kappa shape index (κ3) is 3.57. The van der Waals surface area contributed by atoms with E-state index in [1.54, 1.807) is 0 Å². The summed E-state index contributed by atoms with van der Waals surface area (Å²) in [4.78, 5) is 2.40. The van der Waals surface area contributed by atoms with E-state index in [0.29, 0.717) is 12.1 Å². The number of rotatable bonds is 5. The molecule has 0 saturated heterocycles. The highest BCUT2D eigenvalue weighted by Gasteiger charge is 2.12. The molecule has 0 aromatic carbocycles.